The molecule has 238 valence electrons. The molecule has 0 aliphatic carbocycles. The van der Waals surface area contributed by atoms with Crippen LogP contribution < -0.4 is 19.9 Å². The van der Waals surface area contributed by atoms with Crippen molar-refractivity contribution in [2.45, 2.75) is 94.1 Å². The van der Waals surface area contributed by atoms with Gasteiger partial charge in [-0.15, -0.1) is 0 Å². The zero-order chi connectivity index (χ0) is 31.3. The van der Waals surface area contributed by atoms with Crippen molar-refractivity contribution in [3.63, 3.8) is 0 Å². The second-order valence-corrected chi connectivity index (χ2v) is 11.1. The van der Waals surface area contributed by atoms with Crippen LogP contribution in [0.25, 0.3) is 0 Å². The van der Waals surface area contributed by atoms with E-state index in [4.69, 9.17) is 29.8 Å². The van der Waals surface area contributed by atoms with E-state index in [-0.39, 0.29) is 13.1 Å². The number of aliphatic hydroxyl groups is 3. The Morgan fingerprint density at radius 1 is 1.09 bits per heavy atom. The average Bonchev–Trinajstić information content (AvgIpc) is 3.56. The molecule has 3 aliphatic rings. The Kier molecular flexibility index (Phi) is 10.6. The third-order valence-electron chi connectivity index (χ3n) is 8.40. The number of nitrogens with two attached hydrogens (primary N) is 1. The number of aliphatic hydroxyl groups excluding tert-OH is 3. The first-order valence-electron chi connectivity index (χ1n) is 14.5. The molecule has 0 aromatic heterocycles. The van der Waals surface area contributed by atoms with Crippen molar-refractivity contribution in [1.29, 1.82) is 0 Å². The molecule has 3 unspecified atom stereocenters. The van der Waals surface area contributed by atoms with E-state index < -0.39 is 48.2 Å². The number of hydrogen-bond donors (Lipinski definition) is 5. The molecule has 0 amide bonds. The summed E-state index contributed by atoms with van der Waals surface area (Å²) in [6.07, 6.45) is -0.0372. The van der Waals surface area contributed by atoms with Gasteiger partial charge in [0.1, 0.15) is 37.0 Å². The van der Waals surface area contributed by atoms with E-state index >= 15 is 0 Å². The maximum Gasteiger partial charge on any atom is 0.303 e. The first-order chi connectivity index (χ1) is 20.6. The second-order valence-electron chi connectivity index (χ2n) is 11.1. The van der Waals surface area contributed by atoms with E-state index in [1.54, 1.807) is 17.0 Å². The number of amidine groups is 1. The Morgan fingerprint density at radius 3 is 2.37 bits per heavy atom. The molecular weight excluding hydrogens is 562 g/mol. The number of carbonyl (C=O) groups is 1. The highest BCUT2D eigenvalue weighted by Crippen LogP contribution is 2.43. The highest BCUT2D eigenvalue weighted by Gasteiger charge is 2.53. The number of aliphatic carboxylic acids is 1. The highest BCUT2D eigenvalue weighted by atomic mass is 16.6. The normalized spacial score (nSPS) is 27.8. The lowest BCUT2D eigenvalue weighted by atomic mass is 9.83. The summed E-state index contributed by atoms with van der Waals surface area (Å²) in [5, 5.41) is 41.2. The van der Waals surface area contributed by atoms with Gasteiger partial charge in [-0.3, -0.25) is 9.79 Å². The summed E-state index contributed by atoms with van der Waals surface area (Å²) in [6, 6.07) is 3.61. The molecular formula is C29H43N5O9. The maximum absolute atomic E-state index is 10.9. The second kappa shape index (κ2) is 14.0. The summed E-state index contributed by atoms with van der Waals surface area (Å²) in [6.45, 7) is 1.96. The number of ether oxygens (including phenoxy) is 4. The van der Waals surface area contributed by atoms with Gasteiger partial charge in [0.25, 0.3) is 0 Å². The van der Waals surface area contributed by atoms with E-state index in [0.717, 1.165) is 24.8 Å². The van der Waals surface area contributed by atoms with Crippen LogP contribution in [0.3, 0.4) is 0 Å². The van der Waals surface area contributed by atoms with Gasteiger partial charge in [0.15, 0.2) is 29.2 Å². The van der Waals surface area contributed by atoms with Crippen molar-refractivity contribution in [2.75, 3.05) is 28.0 Å². The lowest BCUT2D eigenvalue weighted by molar-refractivity contribution is -0.137. The minimum absolute atomic E-state index is 0.0616. The van der Waals surface area contributed by atoms with Crippen molar-refractivity contribution in [3.05, 3.63) is 17.7 Å². The van der Waals surface area contributed by atoms with Crippen molar-refractivity contribution in [2.24, 2.45) is 20.7 Å². The number of unbranched alkanes of at least 4 members (excludes halogenated alkanes) is 4. The standard InChI is InChI=1S/C29H43N5O9/c1-16(17-12-19(40-2)25(42-4)20(13-17)41-3)29(30)26-27(31-14-33-29)34(15-32-26)28-23(39)22(38)24(43-28)18(35)10-8-6-5-7-9-11-21(36)37/h12-14,16,18,22-24,28,35,38-39H,5-11,15,30H2,1-4H3,(H,36,37)/t16?,18?,22-,23+,24+,28+,29?/m0/s1. The van der Waals surface area contributed by atoms with E-state index in [9.17, 15) is 20.1 Å². The van der Waals surface area contributed by atoms with Crippen LogP contribution in [0.15, 0.2) is 27.1 Å². The van der Waals surface area contributed by atoms with Crippen molar-refractivity contribution in [1.82, 2.24) is 4.90 Å². The van der Waals surface area contributed by atoms with Crippen LogP contribution in [0.2, 0.25) is 0 Å². The summed E-state index contributed by atoms with van der Waals surface area (Å²) in [7, 11) is 4.59. The Hall–Kier alpha value is -3.30. The van der Waals surface area contributed by atoms with Crippen LogP contribution in [0.4, 0.5) is 0 Å². The van der Waals surface area contributed by atoms with Crippen molar-refractivity contribution < 1.29 is 44.2 Å². The van der Waals surface area contributed by atoms with Gasteiger partial charge in [-0.1, -0.05) is 32.6 Å². The molecule has 1 fully saturated rings. The molecule has 0 bridgehead atoms. The van der Waals surface area contributed by atoms with Gasteiger partial charge in [-0.25, -0.2) is 9.98 Å². The van der Waals surface area contributed by atoms with Crippen LogP contribution in [0.1, 0.15) is 63.4 Å². The molecule has 43 heavy (non-hydrogen) atoms. The molecule has 0 spiro atoms. The van der Waals surface area contributed by atoms with Gasteiger partial charge in [0.2, 0.25) is 5.75 Å². The fourth-order valence-electron chi connectivity index (χ4n) is 5.81. The number of carboxylic acid groups (broad SMARTS) is 1. The van der Waals surface area contributed by atoms with Gasteiger partial charge < -0.3 is 50.0 Å². The minimum Gasteiger partial charge on any atom is -0.493 e. The molecule has 0 radical (unpaired) electrons. The van der Waals surface area contributed by atoms with Crippen molar-refractivity contribution >= 4 is 23.9 Å². The molecule has 1 saturated heterocycles. The number of nitrogens with zero attached hydrogens (tertiary/aromatic N) is 4. The lowest BCUT2D eigenvalue weighted by Gasteiger charge is -2.36. The van der Waals surface area contributed by atoms with E-state index in [0.29, 0.717) is 48.1 Å². The fraction of sp³-hybridized carbons (Fsp3) is 0.655. The zero-order valence-corrected chi connectivity index (χ0v) is 25.0. The first-order valence-corrected chi connectivity index (χ1v) is 14.5. The number of fused-ring (bicyclic) bond motifs is 1. The van der Waals surface area contributed by atoms with E-state index in [1.165, 1.54) is 27.7 Å². The Morgan fingerprint density at radius 2 is 1.74 bits per heavy atom. The van der Waals surface area contributed by atoms with Gasteiger partial charge in [-0.05, 0) is 30.5 Å². The average molecular weight is 606 g/mol. The molecule has 3 heterocycles. The Balaban J connectivity index is 1.42. The number of carboxylic acids is 1. The van der Waals surface area contributed by atoms with Gasteiger partial charge >= 0.3 is 5.97 Å². The molecule has 1 aromatic rings. The van der Waals surface area contributed by atoms with Crippen LogP contribution in [-0.2, 0) is 9.53 Å². The number of rotatable bonds is 15. The summed E-state index contributed by atoms with van der Waals surface area (Å²) < 4.78 is 22.5. The maximum atomic E-state index is 10.9. The third kappa shape index (κ3) is 6.63. The molecule has 7 atom stereocenters. The summed E-state index contributed by atoms with van der Waals surface area (Å²) in [5.41, 5.74) is 6.74. The van der Waals surface area contributed by atoms with Crippen molar-refractivity contribution in [3.8, 4) is 17.2 Å². The molecule has 14 heteroatoms. The SMILES string of the molecule is COc1cc(C(C)C2(N)N=CN=C3C2=NCN3[C@@H]2O[C@H](C(O)CCCCCCCC(=O)O)[C@@H](O)[C@H]2O)cc(OC)c1OC. The van der Waals surface area contributed by atoms with Gasteiger partial charge in [0, 0.05) is 12.3 Å². The minimum atomic E-state index is -1.33. The molecule has 3 aliphatic heterocycles. The first kappa shape index (κ1) is 32.6. The quantitative estimate of drug-likeness (QED) is 0.180. The third-order valence-corrected chi connectivity index (χ3v) is 8.40. The Bertz CT molecular complexity index is 1220. The monoisotopic (exact) mass is 605 g/mol. The van der Waals surface area contributed by atoms with Gasteiger partial charge in [0.05, 0.1) is 27.4 Å². The topological polar surface area (TPSA) is 201 Å². The van der Waals surface area contributed by atoms with Crippen LogP contribution in [0.5, 0.6) is 17.2 Å². The fourth-order valence-corrected chi connectivity index (χ4v) is 5.81. The number of benzene rings is 1. The summed E-state index contributed by atoms with van der Waals surface area (Å²) in [4.78, 5) is 25.8. The predicted molar refractivity (Wildman–Crippen MR) is 158 cm³/mol. The predicted octanol–water partition coefficient (Wildman–Crippen LogP) is 1.25. The van der Waals surface area contributed by atoms with Gasteiger partial charge in [-0.2, -0.15) is 0 Å². The molecule has 4 rings (SSSR count). The molecule has 1 aromatic carbocycles. The lowest BCUT2D eigenvalue weighted by Crippen LogP contribution is -2.57. The summed E-state index contributed by atoms with van der Waals surface area (Å²) >= 11 is 0. The number of aliphatic imine (C=N–C) groups is 3. The van der Waals surface area contributed by atoms with Crippen LogP contribution in [0, 0.1) is 0 Å². The number of methoxy groups -OCH3 is 3. The molecule has 6 N–H and O–H groups in total. The molecule has 0 saturated carbocycles. The van der Waals surface area contributed by atoms with Crippen LogP contribution >= 0.6 is 0 Å². The smallest absolute Gasteiger partial charge is 0.303 e. The Labute approximate surface area is 250 Å². The zero-order valence-electron chi connectivity index (χ0n) is 25.0. The largest absolute Gasteiger partial charge is 0.493 e. The molecule has 14 nitrogen and oxygen atoms in total. The van der Waals surface area contributed by atoms with E-state index in [2.05, 4.69) is 15.0 Å². The van der Waals surface area contributed by atoms with E-state index in [1.807, 2.05) is 6.92 Å². The van der Waals surface area contributed by atoms with Crippen LogP contribution in [-0.4, -0.2) is 113 Å². The number of hydrogen-bond acceptors (Lipinski definition) is 13. The summed E-state index contributed by atoms with van der Waals surface area (Å²) in [5.74, 6) is 0.516. The highest BCUT2D eigenvalue weighted by molar-refractivity contribution is 6.47.